The van der Waals surface area contributed by atoms with Gasteiger partial charge in [-0.05, 0) is 38.1 Å². The third-order valence-corrected chi connectivity index (χ3v) is 4.19. The van der Waals surface area contributed by atoms with E-state index in [9.17, 15) is 9.90 Å². The average Bonchev–Trinajstić information content (AvgIpc) is 2.54. The van der Waals surface area contributed by atoms with Gasteiger partial charge in [0.05, 0.1) is 13.2 Å². The van der Waals surface area contributed by atoms with E-state index in [0.29, 0.717) is 37.5 Å². The van der Waals surface area contributed by atoms with Crippen LogP contribution in [0.15, 0.2) is 24.3 Å². The zero-order chi connectivity index (χ0) is 16.9. The number of morpholine rings is 1. The second kappa shape index (κ2) is 9.37. The largest absolute Gasteiger partial charge is 0.491 e. The second-order valence-corrected chi connectivity index (χ2v) is 6.58. The van der Waals surface area contributed by atoms with Crippen LogP contribution >= 0.6 is 12.4 Å². The third-order valence-electron chi connectivity index (χ3n) is 4.19. The summed E-state index contributed by atoms with van der Waals surface area (Å²) in [6, 6.07) is 7.07. The molecule has 0 radical (unpaired) electrons. The number of halogens is 1. The molecule has 1 aromatic carbocycles. The maximum absolute atomic E-state index is 11.6. The van der Waals surface area contributed by atoms with E-state index in [-0.39, 0.29) is 30.3 Å². The molecular formula is C18H28ClNO4. The van der Waals surface area contributed by atoms with Gasteiger partial charge in [-0.2, -0.15) is 0 Å². The van der Waals surface area contributed by atoms with Crippen molar-refractivity contribution in [1.29, 1.82) is 0 Å². The fourth-order valence-corrected chi connectivity index (χ4v) is 2.67. The Morgan fingerprint density at radius 2 is 2.04 bits per heavy atom. The summed E-state index contributed by atoms with van der Waals surface area (Å²) in [5.74, 6) is 0.782. The molecule has 1 unspecified atom stereocenters. The molecule has 136 valence electrons. The molecule has 1 fully saturated rings. The summed E-state index contributed by atoms with van der Waals surface area (Å²) in [5, 5.41) is 10.2. The van der Waals surface area contributed by atoms with Crippen molar-refractivity contribution in [1.82, 2.24) is 4.90 Å². The van der Waals surface area contributed by atoms with Crippen LogP contribution in [0, 0.1) is 0 Å². The summed E-state index contributed by atoms with van der Waals surface area (Å²) in [5.41, 5.74) is 0.622. The van der Waals surface area contributed by atoms with E-state index in [2.05, 4.69) is 18.7 Å². The molecule has 1 aromatic rings. The molecule has 0 saturated carbocycles. The van der Waals surface area contributed by atoms with E-state index in [1.54, 1.807) is 24.3 Å². The Balaban J connectivity index is 0.00000288. The Hall–Kier alpha value is -1.14. The SMILES string of the molecule is CCC(=O)c1ccc(OCC(O)CN2CCOCC2(C)C)cc1.Cl. The van der Waals surface area contributed by atoms with Gasteiger partial charge in [-0.1, -0.05) is 6.92 Å². The number of β-amino-alcohol motifs (C(OH)–C–C–N with tert-alkyl or cyclic N) is 1. The number of ketones is 1. The Morgan fingerprint density at radius 3 is 2.62 bits per heavy atom. The van der Waals surface area contributed by atoms with Crippen LogP contribution in [0.3, 0.4) is 0 Å². The molecule has 0 aromatic heterocycles. The second-order valence-electron chi connectivity index (χ2n) is 6.58. The van der Waals surface area contributed by atoms with Crippen LogP contribution in [0.4, 0.5) is 0 Å². The van der Waals surface area contributed by atoms with Gasteiger partial charge in [-0.15, -0.1) is 12.4 Å². The van der Waals surface area contributed by atoms with Crippen LogP contribution in [-0.4, -0.2) is 60.3 Å². The van der Waals surface area contributed by atoms with Crippen molar-refractivity contribution in [3.63, 3.8) is 0 Å². The molecule has 1 aliphatic rings. The molecule has 5 nitrogen and oxygen atoms in total. The van der Waals surface area contributed by atoms with E-state index in [4.69, 9.17) is 9.47 Å². The maximum atomic E-state index is 11.6. The smallest absolute Gasteiger partial charge is 0.162 e. The molecule has 1 heterocycles. The van der Waals surface area contributed by atoms with Crippen molar-refractivity contribution in [2.45, 2.75) is 38.8 Å². The van der Waals surface area contributed by atoms with Gasteiger partial charge in [0.15, 0.2) is 5.78 Å². The number of Topliss-reactive ketones (excluding diaryl/α,β-unsaturated/α-hetero) is 1. The first-order chi connectivity index (χ1) is 10.9. The highest BCUT2D eigenvalue weighted by Gasteiger charge is 2.31. The summed E-state index contributed by atoms with van der Waals surface area (Å²) in [6.07, 6.45) is -0.0711. The minimum Gasteiger partial charge on any atom is -0.491 e. The number of benzene rings is 1. The van der Waals surface area contributed by atoms with E-state index in [1.165, 1.54) is 0 Å². The summed E-state index contributed by atoms with van der Waals surface area (Å²) in [7, 11) is 0. The van der Waals surface area contributed by atoms with Gasteiger partial charge in [-0.25, -0.2) is 0 Å². The average molecular weight is 358 g/mol. The number of carbonyl (C=O) groups is 1. The highest BCUT2D eigenvalue weighted by Crippen LogP contribution is 2.19. The molecule has 6 heteroatoms. The Kier molecular flexibility index (Phi) is 8.16. The molecule has 0 aliphatic carbocycles. The van der Waals surface area contributed by atoms with Crippen LogP contribution in [0.25, 0.3) is 0 Å². The van der Waals surface area contributed by atoms with E-state index in [1.807, 2.05) is 6.92 Å². The molecule has 1 N–H and O–H groups in total. The van der Waals surface area contributed by atoms with E-state index in [0.717, 1.165) is 6.54 Å². The zero-order valence-electron chi connectivity index (χ0n) is 14.7. The first-order valence-electron chi connectivity index (χ1n) is 8.19. The van der Waals surface area contributed by atoms with Crippen LogP contribution in [0.5, 0.6) is 5.75 Å². The number of ether oxygens (including phenoxy) is 2. The maximum Gasteiger partial charge on any atom is 0.162 e. The predicted octanol–water partition coefficient (Wildman–Crippen LogP) is 2.55. The van der Waals surface area contributed by atoms with Gasteiger partial charge < -0.3 is 14.6 Å². The Bertz CT molecular complexity index is 518. The number of aliphatic hydroxyl groups excluding tert-OH is 1. The summed E-state index contributed by atoms with van der Waals surface area (Å²) in [4.78, 5) is 13.8. The van der Waals surface area contributed by atoms with Crippen molar-refractivity contribution in [3.8, 4) is 5.75 Å². The van der Waals surface area contributed by atoms with Gasteiger partial charge in [0.2, 0.25) is 0 Å². The predicted molar refractivity (Wildman–Crippen MR) is 96.3 cm³/mol. The van der Waals surface area contributed by atoms with E-state index < -0.39 is 6.10 Å². The lowest BCUT2D eigenvalue weighted by Gasteiger charge is -2.42. The number of rotatable bonds is 7. The number of aliphatic hydroxyl groups is 1. The summed E-state index contributed by atoms with van der Waals surface area (Å²) in [6.45, 7) is 9.05. The minimum absolute atomic E-state index is 0. The summed E-state index contributed by atoms with van der Waals surface area (Å²) >= 11 is 0. The highest BCUT2D eigenvalue weighted by molar-refractivity contribution is 5.95. The van der Waals surface area contributed by atoms with Crippen LogP contribution in [-0.2, 0) is 4.74 Å². The monoisotopic (exact) mass is 357 g/mol. The lowest BCUT2D eigenvalue weighted by Crippen LogP contribution is -2.55. The van der Waals surface area contributed by atoms with E-state index >= 15 is 0 Å². The molecular weight excluding hydrogens is 330 g/mol. The van der Waals surface area contributed by atoms with Gasteiger partial charge in [0, 0.05) is 30.6 Å². The highest BCUT2D eigenvalue weighted by atomic mass is 35.5. The number of hydrogen-bond donors (Lipinski definition) is 1. The Morgan fingerprint density at radius 1 is 1.38 bits per heavy atom. The normalized spacial score (nSPS) is 18.5. The zero-order valence-corrected chi connectivity index (χ0v) is 15.5. The van der Waals surface area contributed by atoms with Crippen molar-refractivity contribution in [3.05, 3.63) is 29.8 Å². The number of hydrogen-bond acceptors (Lipinski definition) is 5. The van der Waals surface area contributed by atoms with Gasteiger partial charge in [-0.3, -0.25) is 9.69 Å². The van der Waals surface area contributed by atoms with Crippen molar-refractivity contribution in [2.75, 3.05) is 32.9 Å². The first kappa shape index (κ1) is 20.9. The third kappa shape index (κ3) is 5.74. The number of carbonyl (C=O) groups excluding carboxylic acids is 1. The number of nitrogens with zero attached hydrogens (tertiary/aromatic N) is 1. The molecule has 0 bridgehead atoms. The molecule has 1 aliphatic heterocycles. The Labute approximate surface area is 150 Å². The molecule has 2 rings (SSSR count). The van der Waals surface area contributed by atoms with Crippen LogP contribution < -0.4 is 4.74 Å². The minimum atomic E-state index is -0.565. The first-order valence-corrected chi connectivity index (χ1v) is 8.19. The molecule has 0 amide bonds. The fraction of sp³-hybridized carbons (Fsp3) is 0.611. The van der Waals surface area contributed by atoms with Gasteiger partial charge in [0.1, 0.15) is 18.5 Å². The lowest BCUT2D eigenvalue weighted by molar-refractivity contribution is -0.0703. The molecule has 24 heavy (non-hydrogen) atoms. The van der Waals surface area contributed by atoms with Crippen molar-refractivity contribution < 1.29 is 19.4 Å². The van der Waals surface area contributed by atoms with Gasteiger partial charge >= 0.3 is 0 Å². The standard InChI is InChI=1S/C18H27NO4.ClH/c1-4-17(21)14-5-7-16(8-6-14)23-12-15(20)11-19-9-10-22-13-18(19,2)3;/h5-8,15,20H,4,9-13H2,1-3H3;1H. The van der Waals surface area contributed by atoms with Crippen LogP contribution in [0.1, 0.15) is 37.6 Å². The molecule has 0 spiro atoms. The molecule has 1 saturated heterocycles. The van der Waals surface area contributed by atoms with Crippen molar-refractivity contribution >= 4 is 18.2 Å². The fourth-order valence-electron chi connectivity index (χ4n) is 2.67. The van der Waals surface area contributed by atoms with Gasteiger partial charge in [0.25, 0.3) is 0 Å². The van der Waals surface area contributed by atoms with Crippen molar-refractivity contribution in [2.24, 2.45) is 0 Å². The molecule has 1 atom stereocenters. The topological polar surface area (TPSA) is 59.0 Å². The lowest BCUT2D eigenvalue weighted by atomic mass is 10.0. The quantitative estimate of drug-likeness (QED) is 0.760. The summed E-state index contributed by atoms with van der Waals surface area (Å²) < 4.78 is 11.1. The van der Waals surface area contributed by atoms with Crippen LogP contribution in [0.2, 0.25) is 0 Å².